The zero-order chi connectivity index (χ0) is 17.2. The second-order valence-electron chi connectivity index (χ2n) is 6.67. The van der Waals surface area contributed by atoms with Crippen LogP contribution in [0.1, 0.15) is 25.7 Å². The van der Waals surface area contributed by atoms with Crippen molar-refractivity contribution in [2.45, 2.75) is 36.1 Å². The monoisotopic (exact) mass is 375 g/mol. The summed E-state index contributed by atoms with van der Waals surface area (Å²) in [5.41, 5.74) is 0.991. The predicted octanol–water partition coefficient (Wildman–Crippen LogP) is 2.91. The molecule has 2 amide bonds. The van der Waals surface area contributed by atoms with Gasteiger partial charge < -0.3 is 10.2 Å². The highest BCUT2D eigenvalue weighted by Gasteiger charge is 2.31. The number of hydrogen-bond acceptors (Lipinski definition) is 5. The van der Waals surface area contributed by atoms with E-state index in [0.29, 0.717) is 24.9 Å². The number of nitrogens with one attached hydrogen (secondary N) is 1. The molecule has 0 atom stereocenters. The number of para-hydroxylation sites is 1. The topological polar surface area (TPSA) is 62.3 Å². The second-order valence-corrected chi connectivity index (χ2v) is 8.93. The Bertz CT molecular complexity index is 746. The predicted molar refractivity (Wildman–Crippen MR) is 101 cm³/mol. The molecule has 1 saturated carbocycles. The number of hydrogen-bond donors (Lipinski definition) is 1. The number of likely N-dealkylation sites (tertiary alicyclic amines) is 1. The molecule has 2 aromatic rings. The largest absolute Gasteiger partial charge is 0.353 e. The molecule has 1 aromatic carbocycles. The summed E-state index contributed by atoms with van der Waals surface area (Å²) in [6.07, 6.45) is 3.78. The van der Waals surface area contributed by atoms with Gasteiger partial charge in [0.05, 0.1) is 16.0 Å². The van der Waals surface area contributed by atoms with Crippen molar-refractivity contribution in [3.8, 4) is 0 Å². The molecule has 1 aliphatic carbocycles. The third-order valence-corrected chi connectivity index (χ3v) is 6.90. The molecule has 7 heteroatoms. The van der Waals surface area contributed by atoms with E-state index in [1.54, 1.807) is 11.3 Å². The average molecular weight is 376 g/mol. The van der Waals surface area contributed by atoms with Crippen LogP contribution in [-0.2, 0) is 9.59 Å². The second kappa shape index (κ2) is 7.33. The third kappa shape index (κ3) is 4.15. The van der Waals surface area contributed by atoms with E-state index < -0.39 is 0 Å². The van der Waals surface area contributed by atoms with Gasteiger partial charge in [-0.05, 0) is 37.8 Å². The molecule has 0 spiro atoms. The molecule has 1 N–H and O–H groups in total. The van der Waals surface area contributed by atoms with Gasteiger partial charge in [0.1, 0.15) is 0 Å². The van der Waals surface area contributed by atoms with Crippen molar-refractivity contribution in [1.29, 1.82) is 0 Å². The maximum Gasteiger partial charge on any atom is 0.233 e. The number of aromatic nitrogens is 1. The first-order chi connectivity index (χ1) is 12.2. The number of rotatable bonds is 5. The first-order valence-corrected chi connectivity index (χ1v) is 10.6. The van der Waals surface area contributed by atoms with Crippen LogP contribution in [0.4, 0.5) is 0 Å². The molecule has 0 unspecified atom stereocenters. The zero-order valence-corrected chi connectivity index (χ0v) is 15.6. The number of fused-ring (bicyclic) bond motifs is 1. The lowest BCUT2D eigenvalue weighted by molar-refractivity contribution is -0.133. The van der Waals surface area contributed by atoms with Gasteiger partial charge in [-0.2, -0.15) is 0 Å². The quantitative estimate of drug-likeness (QED) is 0.816. The molecule has 132 valence electrons. The van der Waals surface area contributed by atoms with Crippen molar-refractivity contribution in [2.24, 2.45) is 5.92 Å². The van der Waals surface area contributed by atoms with Gasteiger partial charge in [0.15, 0.2) is 4.34 Å². The Balaban J connectivity index is 1.25. The van der Waals surface area contributed by atoms with Crippen LogP contribution in [-0.4, -0.2) is 46.6 Å². The van der Waals surface area contributed by atoms with E-state index in [4.69, 9.17) is 0 Å². The minimum atomic E-state index is 0.0709. The Hall–Kier alpha value is -1.60. The van der Waals surface area contributed by atoms with Gasteiger partial charge >= 0.3 is 0 Å². The van der Waals surface area contributed by atoms with E-state index in [0.717, 1.165) is 40.2 Å². The van der Waals surface area contributed by atoms with Crippen LogP contribution in [0, 0.1) is 5.92 Å². The summed E-state index contributed by atoms with van der Waals surface area (Å²) in [4.78, 5) is 31.0. The minimum absolute atomic E-state index is 0.0709. The summed E-state index contributed by atoms with van der Waals surface area (Å²) in [6.45, 7) is 1.37. The molecular weight excluding hydrogens is 354 g/mol. The van der Waals surface area contributed by atoms with E-state index in [1.807, 2.05) is 23.1 Å². The molecule has 2 heterocycles. The lowest BCUT2D eigenvalue weighted by Gasteiger charge is -2.31. The van der Waals surface area contributed by atoms with Crippen LogP contribution >= 0.6 is 23.1 Å². The van der Waals surface area contributed by atoms with Gasteiger partial charge in [0, 0.05) is 25.0 Å². The molecule has 2 aliphatic rings. The lowest BCUT2D eigenvalue weighted by atomic mass is 9.96. The zero-order valence-electron chi connectivity index (χ0n) is 13.9. The Morgan fingerprint density at radius 2 is 1.96 bits per heavy atom. The van der Waals surface area contributed by atoms with Gasteiger partial charge in [0.25, 0.3) is 0 Å². The lowest BCUT2D eigenvalue weighted by Crippen LogP contribution is -2.44. The van der Waals surface area contributed by atoms with Crippen LogP contribution < -0.4 is 5.32 Å². The number of amides is 2. The Kier molecular flexibility index (Phi) is 4.94. The Morgan fingerprint density at radius 1 is 1.20 bits per heavy atom. The fraction of sp³-hybridized carbons (Fsp3) is 0.500. The van der Waals surface area contributed by atoms with Crippen LogP contribution in [0.5, 0.6) is 0 Å². The maximum absolute atomic E-state index is 12.4. The minimum Gasteiger partial charge on any atom is -0.353 e. The summed E-state index contributed by atoms with van der Waals surface area (Å²) in [5.74, 6) is 0.809. The Labute approximate surface area is 155 Å². The average Bonchev–Trinajstić information content (AvgIpc) is 3.35. The van der Waals surface area contributed by atoms with Crippen LogP contribution in [0.15, 0.2) is 28.6 Å². The first-order valence-electron chi connectivity index (χ1n) is 8.75. The first kappa shape index (κ1) is 16.8. The van der Waals surface area contributed by atoms with Crippen LogP contribution in [0.25, 0.3) is 10.2 Å². The highest BCUT2D eigenvalue weighted by molar-refractivity contribution is 8.01. The third-order valence-electron chi connectivity index (χ3n) is 4.74. The van der Waals surface area contributed by atoms with Crippen molar-refractivity contribution < 1.29 is 9.59 Å². The molecule has 4 rings (SSSR count). The van der Waals surface area contributed by atoms with Gasteiger partial charge in [-0.25, -0.2) is 4.98 Å². The summed E-state index contributed by atoms with van der Waals surface area (Å²) < 4.78 is 2.09. The highest BCUT2D eigenvalue weighted by Crippen LogP contribution is 2.30. The summed E-state index contributed by atoms with van der Waals surface area (Å²) in [5, 5.41) is 3.07. The van der Waals surface area contributed by atoms with E-state index in [9.17, 15) is 9.59 Å². The number of benzene rings is 1. The summed E-state index contributed by atoms with van der Waals surface area (Å²) in [6, 6.07) is 8.44. The molecule has 25 heavy (non-hydrogen) atoms. The molecular formula is C18H21N3O2S2. The number of piperidine rings is 1. The maximum atomic E-state index is 12.4. The highest BCUT2D eigenvalue weighted by atomic mass is 32.2. The van der Waals surface area contributed by atoms with Crippen molar-refractivity contribution in [3.05, 3.63) is 24.3 Å². The molecule has 5 nitrogen and oxygen atoms in total. The van der Waals surface area contributed by atoms with Crippen molar-refractivity contribution in [3.63, 3.8) is 0 Å². The normalized spacial score (nSPS) is 18.5. The van der Waals surface area contributed by atoms with Crippen LogP contribution in [0.3, 0.4) is 0 Å². The van der Waals surface area contributed by atoms with Gasteiger partial charge in [0.2, 0.25) is 11.8 Å². The molecule has 0 radical (unpaired) electrons. The SMILES string of the molecule is O=C(NC1CC1)C1CCN(C(=O)CSc2nc3ccccc3s2)CC1. The fourth-order valence-corrected chi connectivity index (χ4v) is 5.04. The summed E-state index contributed by atoms with van der Waals surface area (Å²) >= 11 is 3.14. The van der Waals surface area contributed by atoms with E-state index in [2.05, 4.69) is 16.4 Å². The van der Waals surface area contributed by atoms with Crippen molar-refractivity contribution in [2.75, 3.05) is 18.8 Å². The number of carbonyl (C=O) groups excluding carboxylic acids is 2. The number of carbonyl (C=O) groups is 2. The van der Waals surface area contributed by atoms with E-state index in [1.165, 1.54) is 11.8 Å². The Morgan fingerprint density at radius 3 is 2.68 bits per heavy atom. The molecule has 1 saturated heterocycles. The number of nitrogens with zero attached hydrogens (tertiary/aromatic N) is 2. The van der Waals surface area contributed by atoms with E-state index in [-0.39, 0.29) is 17.7 Å². The molecule has 1 aromatic heterocycles. The van der Waals surface area contributed by atoms with Gasteiger partial charge in [-0.3, -0.25) is 9.59 Å². The number of thiazole rings is 1. The van der Waals surface area contributed by atoms with E-state index >= 15 is 0 Å². The van der Waals surface area contributed by atoms with Gasteiger partial charge in [-0.1, -0.05) is 23.9 Å². The fourth-order valence-electron chi connectivity index (χ4n) is 3.07. The standard InChI is InChI=1S/C18H21N3O2S2/c22-16(11-24-18-20-14-3-1-2-4-15(14)25-18)21-9-7-12(8-10-21)17(23)19-13-5-6-13/h1-4,12-13H,5-11H2,(H,19,23). The summed E-state index contributed by atoms with van der Waals surface area (Å²) in [7, 11) is 0. The van der Waals surface area contributed by atoms with Gasteiger partial charge in [-0.15, -0.1) is 11.3 Å². The van der Waals surface area contributed by atoms with Crippen molar-refractivity contribution >= 4 is 45.1 Å². The smallest absolute Gasteiger partial charge is 0.233 e. The number of thioether (sulfide) groups is 1. The van der Waals surface area contributed by atoms with Crippen LogP contribution in [0.2, 0.25) is 0 Å². The molecule has 0 bridgehead atoms. The van der Waals surface area contributed by atoms with Crippen molar-refractivity contribution in [1.82, 2.24) is 15.2 Å². The molecule has 2 fully saturated rings. The molecule has 1 aliphatic heterocycles.